The van der Waals surface area contributed by atoms with Crippen LogP contribution in [0.5, 0.6) is 5.75 Å². The molecule has 0 aliphatic rings. The molecule has 0 fully saturated rings. The van der Waals surface area contributed by atoms with Gasteiger partial charge in [-0.2, -0.15) is 0 Å². The second-order valence-corrected chi connectivity index (χ2v) is 3.81. The maximum atomic E-state index is 11.4. The number of benzene rings is 1. The van der Waals surface area contributed by atoms with Gasteiger partial charge in [-0.3, -0.25) is 9.59 Å². The standard InChI is InChI=1S/C13H18N2O4/c1-10(16)15-11-5-3-4-6-12(11)19-9-13(17)14-7-8-18-2/h3-6H,7-9H2,1-2H3,(H,14,17)(H,15,16). The Kier molecular flexibility index (Phi) is 6.38. The smallest absolute Gasteiger partial charge is 0.258 e. The number of methoxy groups -OCH3 is 1. The molecule has 1 rings (SSSR count). The Morgan fingerprint density at radius 1 is 1.26 bits per heavy atom. The van der Waals surface area contributed by atoms with E-state index in [4.69, 9.17) is 9.47 Å². The molecule has 2 N–H and O–H groups in total. The molecule has 0 saturated carbocycles. The Bertz CT molecular complexity index is 434. The lowest BCUT2D eigenvalue weighted by atomic mass is 10.3. The van der Waals surface area contributed by atoms with E-state index >= 15 is 0 Å². The van der Waals surface area contributed by atoms with Gasteiger partial charge in [0.25, 0.3) is 5.91 Å². The lowest BCUT2D eigenvalue weighted by Crippen LogP contribution is -2.31. The molecular weight excluding hydrogens is 248 g/mol. The van der Waals surface area contributed by atoms with Gasteiger partial charge in [0.15, 0.2) is 6.61 Å². The van der Waals surface area contributed by atoms with E-state index in [2.05, 4.69) is 10.6 Å². The maximum Gasteiger partial charge on any atom is 0.258 e. The number of amides is 2. The van der Waals surface area contributed by atoms with E-state index in [1.807, 2.05) is 0 Å². The lowest BCUT2D eigenvalue weighted by molar-refractivity contribution is -0.123. The fourth-order valence-electron chi connectivity index (χ4n) is 1.37. The summed E-state index contributed by atoms with van der Waals surface area (Å²) in [4.78, 5) is 22.5. The Labute approximate surface area is 112 Å². The van der Waals surface area contributed by atoms with Gasteiger partial charge in [-0.15, -0.1) is 0 Å². The van der Waals surface area contributed by atoms with Crippen molar-refractivity contribution in [3.8, 4) is 5.75 Å². The molecule has 6 heteroatoms. The minimum atomic E-state index is -0.241. The van der Waals surface area contributed by atoms with Crippen molar-refractivity contribution in [1.29, 1.82) is 0 Å². The van der Waals surface area contributed by atoms with Crippen molar-refractivity contribution in [2.45, 2.75) is 6.92 Å². The first-order valence-electron chi connectivity index (χ1n) is 5.88. The molecule has 0 atom stereocenters. The SMILES string of the molecule is COCCNC(=O)COc1ccccc1NC(C)=O. The van der Waals surface area contributed by atoms with Gasteiger partial charge in [0.05, 0.1) is 12.3 Å². The lowest BCUT2D eigenvalue weighted by Gasteiger charge is -2.11. The Morgan fingerprint density at radius 2 is 2.00 bits per heavy atom. The van der Waals surface area contributed by atoms with Gasteiger partial charge >= 0.3 is 0 Å². The Balaban J connectivity index is 2.48. The van der Waals surface area contributed by atoms with Crippen LogP contribution in [0, 0.1) is 0 Å². The molecule has 2 amide bonds. The summed E-state index contributed by atoms with van der Waals surface area (Å²) in [6.45, 7) is 2.19. The highest BCUT2D eigenvalue weighted by Gasteiger charge is 2.07. The first-order chi connectivity index (χ1) is 9.13. The van der Waals surface area contributed by atoms with Crippen molar-refractivity contribution in [2.75, 3.05) is 32.2 Å². The van der Waals surface area contributed by atoms with Crippen LogP contribution in [0.3, 0.4) is 0 Å². The van der Waals surface area contributed by atoms with E-state index in [1.165, 1.54) is 6.92 Å². The highest BCUT2D eigenvalue weighted by atomic mass is 16.5. The highest BCUT2D eigenvalue weighted by Crippen LogP contribution is 2.23. The first-order valence-corrected chi connectivity index (χ1v) is 5.88. The number of anilines is 1. The summed E-state index contributed by atoms with van der Waals surface area (Å²) in [5.41, 5.74) is 0.541. The van der Waals surface area contributed by atoms with Crippen LogP contribution in [0.15, 0.2) is 24.3 Å². The molecule has 104 valence electrons. The predicted molar refractivity (Wildman–Crippen MR) is 71.1 cm³/mol. The average Bonchev–Trinajstić information content (AvgIpc) is 2.37. The third kappa shape index (κ3) is 5.87. The summed E-state index contributed by atoms with van der Waals surface area (Å²) >= 11 is 0. The number of para-hydroxylation sites is 2. The number of nitrogens with one attached hydrogen (secondary N) is 2. The van der Waals surface area contributed by atoms with Crippen molar-refractivity contribution < 1.29 is 19.1 Å². The molecule has 19 heavy (non-hydrogen) atoms. The Hall–Kier alpha value is -2.08. The molecule has 0 aromatic heterocycles. The van der Waals surface area contributed by atoms with E-state index in [-0.39, 0.29) is 18.4 Å². The molecule has 1 aromatic rings. The van der Waals surface area contributed by atoms with Gasteiger partial charge in [0.1, 0.15) is 5.75 Å². The minimum absolute atomic E-state index is 0.111. The quantitative estimate of drug-likeness (QED) is 0.715. The van der Waals surface area contributed by atoms with Crippen LogP contribution in [-0.2, 0) is 14.3 Å². The molecule has 0 unspecified atom stereocenters. The van der Waals surface area contributed by atoms with E-state index < -0.39 is 0 Å². The van der Waals surface area contributed by atoms with E-state index in [9.17, 15) is 9.59 Å². The number of ether oxygens (including phenoxy) is 2. The normalized spacial score (nSPS) is 9.79. The van der Waals surface area contributed by atoms with E-state index in [0.717, 1.165) is 0 Å². The van der Waals surface area contributed by atoms with Crippen LogP contribution in [0.25, 0.3) is 0 Å². The molecule has 6 nitrogen and oxygen atoms in total. The van der Waals surface area contributed by atoms with Crippen LogP contribution in [0.4, 0.5) is 5.69 Å². The zero-order chi connectivity index (χ0) is 14.1. The second-order valence-electron chi connectivity index (χ2n) is 3.81. The molecule has 0 bridgehead atoms. The van der Waals surface area contributed by atoms with Crippen molar-refractivity contribution in [1.82, 2.24) is 5.32 Å². The topological polar surface area (TPSA) is 76.7 Å². The number of carbonyl (C=O) groups excluding carboxylic acids is 2. The Morgan fingerprint density at radius 3 is 2.68 bits per heavy atom. The average molecular weight is 266 g/mol. The van der Waals surface area contributed by atoms with E-state index in [0.29, 0.717) is 24.6 Å². The summed E-state index contributed by atoms with van der Waals surface area (Å²) in [6, 6.07) is 6.94. The largest absolute Gasteiger partial charge is 0.482 e. The van der Waals surface area contributed by atoms with Crippen LogP contribution < -0.4 is 15.4 Å². The number of carbonyl (C=O) groups is 2. The molecule has 0 heterocycles. The van der Waals surface area contributed by atoms with Gasteiger partial charge in [0.2, 0.25) is 5.91 Å². The number of rotatable bonds is 7. The van der Waals surface area contributed by atoms with Crippen molar-refractivity contribution in [3.05, 3.63) is 24.3 Å². The first kappa shape index (κ1) is 15.0. The third-order valence-electron chi connectivity index (χ3n) is 2.18. The zero-order valence-electron chi connectivity index (χ0n) is 11.1. The third-order valence-corrected chi connectivity index (χ3v) is 2.18. The second kappa shape index (κ2) is 8.10. The minimum Gasteiger partial charge on any atom is -0.482 e. The highest BCUT2D eigenvalue weighted by molar-refractivity contribution is 5.90. The van der Waals surface area contributed by atoms with Crippen LogP contribution in [0.1, 0.15) is 6.92 Å². The zero-order valence-corrected chi connectivity index (χ0v) is 11.1. The van der Waals surface area contributed by atoms with E-state index in [1.54, 1.807) is 31.4 Å². The summed E-state index contributed by atoms with van der Waals surface area (Å²) in [5, 5.41) is 5.27. The molecule has 0 spiro atoms. The van der Waals surface area contributed by atoms with Gasteiger partial charge in [-0.05, 0) is 12.1 Å². The van der Waals surface area contributed by atoms with Crippen LogP contribution in [0.2, 0.25) is 0 Å². The van der Waals surface area contributed by atoms with Gasteiger partial charge < -0.3 is 20.1 Å². The summed E-state index contributed by atoms with van der Waals surface area (Å²) in [5.74, 6) is 0.0230. The van der Waals surface area contributed by atoms with Gasteiger partial charge in [-0.1, -0.05) is 12.1 Å². The van der Waals surface area contributed by atoms with Crippen molar-refractivity contribution in [2.24, 2.45) is 0 Å². The fourth-order valence-corrected chi connectivity index (χ4v) is 1.37. The molecule has 0 radical (unpaired) electrons. The molecule has 0 aliphatic carbocycles. The monoisotopic (exact) mass is 266 g/mol. The van der Waals surface area contributed by atoms with Gasteiger partial charge in [0, 0.05) is 20.6 Å². The summed E-state index contributed by atoms with van der Waals surface area (Å²) < 4.78 is 10.2. The molecular formula is C13H18N2O4. The van der Waals surface area contributed by atoms with Crippen LogP contribution >= 0.6 is 0 Å². The van der Waals surface area contributed by atoms with Crippen LogP contribution in [-0.4, -0.2) is 38.7 Å². The summed E-state index contributed by atoms with van der Waals surface area (Å²) in [7, 11) is 1.56. The fraction of sp³-hybridized carbons (Fsp3) is 0.385. The molecule has 0 aliphatic heterocycles. The molecule has 0 saturated heterocycles. The van der Waals surface area contributed by atoms with Gasteiger partial charge in [-0.25, -0.2) is 0 Å². The number of hydrogen-bond donors (Lipinski definition) is 2. The molecule has 1 aromatic carbocycles. The summed E-state index contributed by atoms with van der Waals surface area (Å²) in [6.07, 6.45) is 0. The van der Waals surface area contributed by atoms with Crippen molar-refractivity contribution >= 4 is 17.5 Å². The van der Waals surface area contributed by atoms with Crippen molar-refractivity contribution in [3.63, 3.8) is 0 Å². The predicted octanol–water partition coefficient (Wildman–Crippen LogP) is 0.786. The maximum absolute atomic E-state index is 11.4. The number of hydrogen-bond acceptors (Lipinski definition) is 4.